The molecule has 2 N–H and O–H groups in total. The van der Waals surface area contributed by atoms with Gasteiger partial charge in [-0.05, 0) is 35.4 Å². The van der Waals surface area contributed by atoms with Crippen molar-refractivity contribution in [1.82, 2.24) is 4.98 Å². The van der Waals surface area contributed by atoms with Gasteiger partial charge in [-0.3, -0.25) is 4.72 Å². The second kappa shape index (κ2) is 7.55. The normalized spacial score (nSPS) is 11.8. The van der Waals surface area contributed by atoms with E-state index >= 15 is 0 Å². The van der Waals surface area contributed by atoms with Gasteiger partial charge >= 0.3 is 12.1 Å². The summed E-state index contributed by atoms with van der Waals surface area (Å²) in [4.78, 5) is 14.6. The minimum Gasteiger partial charge on any atom is -0.478 e. The first-order valence-electron chi connectivity index (χ1n) is 8.08. The Balaban J connectivity index is 2.05. The molecule has 0 atom stereocenters. The van der Waals surface area contributed by atoms with E-state index in [1.54, 1.807) is 30.3 Å². The first-order valence-corrected chi connectivity index (χ1v) is 9.56. The molecule has 2 aromatic carbocycles. The molecule has 29 heavy (non-hydrogen) atoms. The molecule has 0 bridgehead atoms. The van der Waals surface area contributed by atoms with Gasteiger partial charge in [-0.1, -0.05) is 42.5 Å². The number of halogens is 3. The average Bonchev–Trinajstić information content (AvgIpc) is 2.67. The van der Waals surface area contributed by atoms with E-state index in [2.05, 4.69) is 4.98 Å². The van der Waals surface area contributed by atoms with E-state index in [0.29, 0.717) is 17.2 Å². The molecule has 10 heteroatoms. The number of hydrogen-bond acceptors (Lipinski definition) is 4. The van der Waals surface area contributed by atoms with Gasteiger partial charge in [0.05, 0.1) is 11.3 Å². The lowest BCUT2D eigenvalue weighted by molar-refractivity contribution is -0.141. The minimum atomic E-state index is -4.83. The Kier molecular flexibility index (Phi) is 5.29. The number of aromatic carboxylic acids is 1. The van der Waals surface area contributed by atoms with Gasteiger partial charge in [0, 0.05) is 0 Å². The van der Waals surface area contributed by atoms with Crippen LogP contribution in [0.5, 0.6) is 0 Å². The Morgan fingerprint density at radius 1 is 0.931 bits per heavy atom. The molecule has 0 radical (unpaired) electrons. The Labute approximate surface area is 163 Å². The highest BCUT2D eigenvalue weighted by atomic mass is 32.2. The van der Waals surface area contributed by atoms with E-state index in [4.69, 9.17) is 0 Å². The number of carboxylic acids is 1. The maximum Gasteiger partial charge on any atom is 0.433 e. The molecule has 0 saturated heterocycles. The molecule has 0 fully saturated rings. The molecule has 0 aliphatic carbocycles. The van der Waals surface area contributed by atoms with Crippen LogP contribution in [0, 0.1) is 0 Å². The van der Waals surface area contributed by atoms with Gasteiger partial charge < -0.3 is 5.11 Å². The quantitative estimate of drug-likeness (QED) is 0.640. The van der Waals surface area contributed by atoms with E-state index in [1.165, 1.54) is 18.2 Å². The standard InChI is InChI=1S/C19H13F3N2O4S/c20-19(21,22)16-7-4-8-17(23-16)29(27,28)24-15-11-13(9-10-14(15)18(25)26)12-5-2-1-3-6-12/h1-11,24H,(H,25,26). The van der Waals surface area contributed by atoms with E-state index in [9.17, 15) is 31.5 Å². The number of pyridine rings is 1. The molecular formula is C19H13F3N2O4S. The van der Waals surface area contributed by atoms with Crippen LogP contribution in [0.3, 0.4) is 0 Å². The van der Waals surface area contributed by atoms with E-state index < -0.39 is 32.9 Å². The molecule has 150 valence electrons. The van der Waals surface area contributed by atoms with Crippen molar-refractivity contribution < 1.29 is 31.5 Å². The maximum absolute atomic E-state index is 12.8. The molecule has 0 unspecified atom stereocenters. The van der Waals surface area contributed by atoms with Crippen LogP contribution in [0.25, 0.3) is 11.1 Å². The average molecular weight is 422 g/mol. The molecule has 0 spiro atoms. The van der Waals surface area contributed by atoms with Crippen LogP contribution in [0.2, 0.25) is 0 Å². The van der Waals surface area contributed by atoms with Crippen LogP contribution in [0.15, 0.2) is 71.8 Å². The van der Waals surface area contributed by atoms with E-state index in [1.807, 2.05) is 4.72 Å². The van der Waals surface area contributed by atoms with Crippen molar-refractivity contribution in [3.63, 3.8) is 0 Å². The lowest BCUT2D eigenvalue weighted by Gasteiger charge is -2.13. The van der Waals surface area contributed by atoms with Gasteiger partial charge in [0.25, 0.3) is 10.0 Å². The Bertz CT molecular complexity index is 1160. The van der Waals surface area contributed by atoms with Gasteiger partial charge in [0.2, 0.25) is 0 Å². The lowest BCUT2D eigenvalue weighted by Crippen LogP contribution is -2.19. The predicted molar refractivity (Wildman–Crippen MR) is 98.9 cm³/mol. The number of carbonyl (C=O) groups is 1. The first kappa shape index (κ1) is 20.3. The Morgan fingerprint density at radius 3 is 2.24 bits per heavy atom. The monoisotopic (exact) mass is 422 g/mol. The largest absolute Gasteiger partial charge is 0.478 e. The molecule has 0 saturated carbocycles. The number of hydrogen-bond donors (Lipinski definition) is 2. The Morgan fingerprint density at radius 2 is 1.62 bits per heavy atom. The number of carboxylic acid groups (broad SMARTS) is 1. The maximum atomic E-state index is 12.8. The Hall–Kier alpha value is -3.40. The molecule has 0 aliphatic rings. The zero-order chi connectivity index (χ0) is 21.2. The summed E-state index contributed by atoms with van der Waals surface area (Å²) in [5.41, 5.74) is -0.817. The van der Waals surface area contributed by atoms with Gasteiger partial charge in [-0.2, -0.15) is 21.6 Å². The number of nitrogens with zero attached hydrogens (tertiary/aromatic N) is 1. The number of alkyl halides is 3. The summed E-state index contributed by atoms with van der Waals surface area (Å²) < 4.78 is 65.7. The van der Waals surface area contributed by atoms with Gasteiger partial charge in [0.15, 0.2) is 5.03 Å². The summed E-state index contributed by atoms with van der Waals surface area (Å²) in [5.74, 6) is -1.40. The SMILES string of the molecule is O=C(O)c1ccc(-c2ccccc2)cc1NS(=O)(=O)c1cccc(C(F)(F)F)n1. The smallest absolute Gasteiger partial charge is 0.433 e. The molecule has 3 aromatic rings. The zero-order valence-corrected chi connectivity index (χ0v) is 15.3. The molecule has 3 rings (SSSR count). The molecule has 1 aromatic heterocycles. The van der Waals surface area contributed by atoms with Crippen molar-refractivity contribution in [1.29, 1.82) is 0 Å². The van der Waals surface area contributed by atoms with Crippen LogP contribution in [-0.4, -0.2) is 24.5 Å². The molecular weight excluding hydrogens is 409 g/mol. The number of nitrogens with one attached hydrogen (secondary N) is 1. The first-order chi connectivity index (χ1) is 13.6. The third kappa shape index (κ3) is 4.54. The lowest BCUT2D eigenvalue weighted by atomic mass is 10.0. The summed E-state index contributed by atoms with van der Waals surface area (Å²) in [6, 6.07) is 15.2. The summed E-state index contributed by atoms with van der Waals surface area (Å²) in [7, 11) is -4.58. The zero-order valence-electron chi connectivity index (χ0n) is 14.5. The second-order valence-corrected chi connectivity index (χ2v) is 7.53. The molecule has 6 nitrogen and oxygen atoms in total. The van der Waals surface area contributed by atoms with Crippen molar-refractivity contribution >= 4 is 21.7 Å². The summed E-state index contributed by atoms with van der Waals surface area (Å²) in [6.07, 6.45) is -4.83. The van der Waals surface area contributed by atoms with E-state index in [0.717, 1.165) is 12.1 Å². The van der Waals surface area contributed by atoms with Crippen LogP contribution in [0.4, 0.5) is 18.9 Å². The summed E-state index contributed by atoms with van der Waals surface area (Å²) in [6.45, 7) is 0. The number of anilines is 1. The van der Waals surface area contributed by atoms with Crippen molar-refractivity contribution in [2.75, 3.05) is 4.72 Å². The minimum absolute atomic E-state index is 0.293. The van der Waals surface area contributed by atoms with Crippen LogP contribution in [-0.2, 0) is 16.2 Å². The molecule has 0 aliphatic heterocycles. The second-order valence-electron chi connectivity index (χ2n) is 5.90. The van der Waals surface area contributed by atoms with Crippen molar-refractivity contribution in [2.45, 2.75) is 11.2 Å². The van der Waals surface area contributed by atoms with Crippen LogP contribution >= 0.6 is 0 Å². The van der Waals surface area contributed by atoms with Gasteiger partial charge in [-0.15, -0.1) is 0 Å². The van der Waals surface area contributed by atoms with Crippen molar-refractivity contribution in [3.8, 4) is 11.1 Å². The van der Waals surface area contributed by atoms with E-state index in [-0.39, 0.29) is 11.3 Å². The number of aromatic nitrogens is 1. The highest BCUT2D eigenvalue weighted by Crippen LogP contribution is 2.30. The third-order valence-electron chi connectivity index (χ3n) is 3.89. The third-order valence-corrected chi connectivity index (χ3v) is 5.16. The summed E-state index contributed by atoms with van der Waals surface area (Å²) >= 11 is 0. The van der Waals surface area contributed by atoms with Gasteiger partial charge in [0.1, 0.15) is 5.69 Å². The fourth-order valence-corrected chi connectivity index (χ4v) is 3.58. The van der Waals surface area contributed by atoms with Crippen molar-refractivity contribution in [2.24, 2.45) is 0 Å². The fraction of sp³-hybridized carbons (Fsp3) is 0.0526. The number of sulfonamides is 1. The van der Waals surface area contributed by atoms with Crippen molar-refractivity contribution in [3.05, 3.63) is 78.0 Å². The number of benzene rings is 2. The van der Waals surface area contributed by atoms with Crippen LogP contribution in [0.1, 0.15) is 16.1 Å². The topological polar surface area (TPSA) is 96.4 Å². The summed E-state index contributed by atoms with van der Waals surface area (Å²) in [5, 5.41) is 8.47. The fourth-order valence-electron chi connectivity index (χ4n) is 2.54. The van der Waals surface area contributed by atoms with Crippen LogP contribution < -0.4 is 4.72 Å². The molecule has 1 heterocycles. The van der Waals surface area contributed by atoms with Gasteiger partial charge in [-0.25, -0.2) is 9.78 Å². The molecule has 0 amide bonds. The number of rotatable bonds is 5. The highest BCUT2D eigenvalue weighted by molar-refractivity contribution is 7.92. The highest BCUT2D eigenvalue weighted by Gasteiger charge is 2.33. The predicted octanol–water partition coefficient (Wildman–Crippen LogP) is 4.27.